The van der Waals surface area contributed by atoms with E-state index in [0.717, 1.165) is 38.5 Å². The van der Waals surface area contributed by atoms with E-state index in [4.69, 9.17) is 0 Å². The van der Waals surface area contributed by atoms with Gasteiger partial charge in [0, 0.05) is 0 Å². The highest BCUT2D eigenvalue weighted by atomic mass is 16.3. The van der Waals surface area contributed by atoms with Crippen LogP contribution in [0.25, 0.3) is 0 Å². The topological polar surface area (TPSA) is 110 Å². The number of rotatable bonds is 45. The molecule has 0 rings (SSSR count). The van der Waals surface area contributed by atoms with Crippen molar-refractivity contribution in [1.29, 1.82) is 0 Å². The van der Waals surface area contributed by atoms with Gasteiger partial charge in [-0.05, 0) is 51.4 Å². The Balaban J connectivity index is 3.71. The van der Waals surface area contributed by atoms with Crippen molar-refractivity contribution in [1.82, 2.24) is 5.32 Å². The van der Waals surface area contributed by atoms with E-state index < -0.39 is 36.9 Å². The van der Waals surface area contributed by atoms with E-state index in [2.05, 4.69) is 43.5 Å². The zero-order valence-electron chi connectivity index (χ0n) is 37.4. The molecule has 4 atom stereocenters. The van der Waals surface area contributed by atoms with Gasteiger partial charge in [-0.25, -0.2) is 0 Å². The van der Waals surface area contributed by atoms with Crippen LogP contribution in [0.4, 0.5) is 0 Å². The van der Waals surface area contributed by atoms with Gasteiger partial charge in [0.1, 0.15) is 12.2 Å². The number of unbranched alkanes of at least 4 members (excludes halogenated alkanes) is 32. The van der Waals surface area contributed by atoms with Crippen molar-refractivity contribution in [3.8, 4) is 0 Å². The van der Waals surface area contributed by atoms with Gasteiger partial charge in [-0.1, -0.05) is 231 Å². The molecule has 4 unspecified atom stereocenters. The van der Waals surface area contributed by atoms with Crippen LogP contribution in [0, 0.1) is 0 Å². The largest absolute Gasteiger partial charge is 0.394 e. The molecule has 0 aliphatic heterocycles. The number of aliphatic hydroxyl groups is 4. The lowest BCUT2D eigenvalue weighted by atomic mass is 10.00. The second-order valence-corrected chi connectivity index (χ2v) is 17.2. The second-order valence-electron chi connectivity index (χ2n) is 17.2. The summed E-state index contributed by atoms with van der Waals surface area (Å²) in [5.74, 6) is -0.594. The molecule has 0 aliphatic rings. The number of hydrogen-bond donors (Lipinski definition) is 5. The molecule has 0 aromatic heterocycles. The van der Waals surface area contributed by atoms with Gasteiger partial charge in [0.25, 0.3) is 0 Å². The van der Waals surface area contributed by atoms with Crippen LogP contribution in [0.3, 0.4) is 0 Å². The molecule has 56 heavy (non-hydrogen) atoms. The van der Waals surface area contributed by atoms with Gasteiger partial charge in [0.2, 0.25) is 5.91 Å². The summed E-state index contributed by atoms with van der Waals surface area (Å²) in [6.07, 6.45) is 52.2. The summed E-state index contributed by atoms with van der Waals surface area (Å²) in [5, 5.41) is 43.8. The molecule has 0 saturated heterocycles. The molecule has 0 spiro atoms. The molecule has 0 bridgehead atoms. The van der Waals surface area contributed by atoms with Crippen LogP contribution in [0.15, 0.2) is 24.3 Å². The molecule has 332 valence electrons. The Kier molecular flexibility index (Phi) is 43.9. The number of nitrogens with one attached hydrogen (secondary N) is 1. The summed E-state index contributed by atoms with van der Waals surface area (Å²) in [7, 11) is 0. The third-order valence-electron chi connectivity index (χ3n) is 11.6. The highest BCUT2D eigenvalue weighted by Gasteiger charge is 2.28. The minimum atomic E-state index is -1.29. The van der Waals surface area contributed by atoms with Crippen LogP contribution >= 0.6 is 0 Å². The molecule has 0 radical (unpaired) electrons. The smallest absolute Gasteiger partial charge is 0.249 e. The van der Waals surface area contributed by atoms with E-state index >= 15 is 0 Å². The van der Waals surface area contributed by atoms with Crippen LogP contribution < -0.4 is 5.32 Å². The average molecular weight is 792 g/mol. The SMILES string of the molecule is CCCCCCCCCCC/C=C/CC/C=C/CCCC(O)C(O)C(CO)NC(=O)C(O)CCCCCCCCCCCCCCCCCCCCCCCC. The lowest BCUT2D eigenvalue weighted by molar-refractivity contribution is -0.132. The first-order chi connectivity index (χ1) is 27.5. The number of aliphatic hydroxyl groups excluding tert-OH is 4. The Morgan fingerprint density at radius 2 is 0.750 bits per heavy atom. The van der Waals surface area contributed by atoms with E-state index in [1.54, 1.807) is 0 Å². The van der Waals surface area contributed by atoms with Gasteiger partial charge >= 0.3 is 0 Å². The molecular weight excluding hydrogens is 695 g/mol. The van der Waals surface area contributed by atoms with Crippen LogP contribution in [-0.2, 0) is 4.79 Å². The molecule has 0 saturated carbocycles. The normalized spacial score (nSPS) is 14.2. The van der Waals surface area contributed by atoms with Gasteiger partial charge < -0.3 is 25.7 Å². The van der Waals surface area contributed by atoms with Crippen molar-refractivity contribution < 1.29 is 25.2 Å². The molecule has 0 aromatic rings. The Bertz CT molecular complexity index is 847. The highest BCUT2D eigenvalue weighted by Crippen LogP contribution is 2.17. The molecule has 6 heteroatoms. The number of allylic oxidation sites excluding steroid dienone is 4. The zero-order valence-corrected chi connectivity index (χ0v) is 37.4. The lowest BCUT2D eigenvalue weighted by Gasteiger charge is -2.27. The van der Waals surface area contributed by atoms with Gasteiger partial charge in [-0.3, -0.25) is 4.79 Å². The molecule has 0 aliphatic carbocycles. The van der Waals surface area contributed by atoms with Crippen LogP contribution in [0.1, 0.15) is 258 Å². The summed E-state index contributed by atoms with van der Waals surface area (Å²) in [6, 6.07) is -1.01. The predicted molar refractivity (Wildman–Crippen MR) is 242 cm³/mol. The molecule has 6 nitrogen and oxygen atoms in total. The monoisotopic (exact) mass is 792 g/mol. The summed E-state index contributed by atoms with van der Waals surface area (Å²) in [4.78, 5) is 12.5. The third-order valence-corrected chi connectivity index (χ3v) is 11.6. The molecule has 0 heterocycles. The number of carbonyl (C=O) groups excluding carboxylic acids is 1. The van der Waals surface area contributed by atoms with Gasteiger partial charge in [0.15, 0.2) is 0 Å². The number of hydrogen-bond acceptors (Lipinski definition) is 5. The van der Waals surface area contributed by atoms with E-state index in [1.807, 2.05) is 0 Å². The summed E-state index contributed by atoms with van der Waals surface area (Å²) < 4.78 is 0. The van der Waals surface area contributed by atoms with E-state index in [-0.39, 0.29) is 0 Å². The van der Waals surface area contributed by atoms with Gasteiger partial charge in [-0.2, -0.15) is 0 Å². The summed E-state index contributed by atoms with van der Waals surface area (Å²) >= 11 is 0. The molecule has 5 N–H and O–H groups in total. The third kappa shape index (κ3) is 38.3. The minimum absolute atomic E-state index is 0.364. The van der Waals surface area contributed by atoms with Gasteiger partial charge in [0.05, 0.1) is 18.8 Å². The van der Waals surface area contributed by atoms with Crippen molar-refractivity contribution in [2.75, 3.05) is 6.61 Å². The van der Waals surface area contributed by atoms with E-state index in [0.29, 0.717) is 19.3 Å². The van der Waals surface area contributed by atoms with Crippen molar-refractivity contribution in [3.05, 3.63) is 24.3 Å². The van der Waals surface area contributed by atoms with Crippen molar-refractivity contribution in [2.45, 2.75) is 282 Å². The molecule has 0 fully saturated rings. The number of amides is 1. The maximum Gasteiger partial charge on any atom is 0.249 e. The quantitative estimate of drug-likeness (QED) is 0.0312. The highest BCUT2D eigenvalue weighted by molar-refractivity contribution is 5.80. The standard InChI is InChI=1S/C50H97NO5/c1-3-5-7-9-11-13-15-17-19-21-23-24-25-26-28-30-32-34-36-38-40-42-44-48(54)50(56)51-46(45-52)49(55)47(53)43-41-39-37-35-33-31-29-27-22-20-18-16-14-12-10-8-6-4-2/h27,29,35,37,46-49,52-55H,3-26,28,30-34,36,38-45H2,1-2H3,(H,51,56)/b29-27+,37-35+. The minimum Gasteiger partial charge on any atom is -0.394 e. The first kappa shape index (κ1) is 54.8. The van der Waals surface area contributed by atoms with Crippen molar-refractivity contribution in [2.24, 2.45) is 0 Å². The van der Waals surface area contributed by atoms with E-state index in [9.17, 15) is 25.2 Å². The molecule has 0 aromatic carbocycles. The fourth-order valence-electron chi connectivity index (χ4n) is 7.72. The average Bonchev–Trinajstić information content (AvgIpc) is 3.20. The lowest BCUT2D eigenvalue weighted by Crippen LogP contribution is -2.53. The Morgan fingerprint density at radius 3 is 1.12 bits per heavy atom. The van der Waals surface area contributed by atoms with Crippen molar-refractivity contribution >= 4 is 5.91 Å². The first-order valence-electron chi connectivity index (χ1n) is 24.7. The Labute approximate surface area is 348 Å². The van der Waals surface area contributed by atoms with Crippen LogP contribution in [0.2, 0.25) is 0 Å². The predicted octanol–water partition coefficient (Wildman–Crippen LogP) is 13.5. The summed E-state index contributed by atoms with van der Waals surface area (Å²) in [6.45, 7) is 4.05. The fourth-order valence-corrected chi connectivity index (χ4v) is 7.72. The maximum atomic E-state index is 12.5. The van der Waals surface area contributed by atoms with Gasteiger partial charge in [-0.15, -0.1) is 0 Å². The maximum absolute atomic E-state index is 12.5. The Morgan fingerprint density at radius 1 is 0.429 bits per heavy atom. The second kappa shape index (κ2) is 44.9. The Hall–Kier alpha value is -1.21. The zero-order chi connectivity index (χ0) is 41.0. The summed E-state index contributed by atoms with van der Waals surface area (Å²) in [5.41, 5.74) is 0. The fraction of sp³-hybridized carbons (Fsp3) is 0.900. The first-order valence-corrected chi connectivity index (χ1v) is 24.7. The molecule has 1 amide bonds. The molecular formula is C50H97NO5. The van der Waals surface area contributed by atoms with Crippen LogP contribution in [-0.4, -0.2) is 57.3 Å². The van der Waals surface area contributed by atoms with Crippen molar-refractivity contribution in [3.63, 3.8) is 0 Å². The number of carbonyl (C=O) groups is 1. The van der Waals surface area contributed by atoms with E-state index in [1.165, 1.54) is 186 Å². The van der Waals surface area contributed by atoms with Crippen LogP contribution in [0.5, 0.6) is 0 Å².